The van der Waals surface area contributed by atoms with Gasteiger partial charge in [-0.3, -0.25) is 0 Å². The lowest BCUT2D eigenvalue weighted by atomic mass is 10.2. The largest absolute Gasteiger partial charge is 0.444 e. The number of likely N-dealkylation sites (N-methyl/N-ethyl adjacent to an activating group) is 1. The Morgan fingerprint density at radius 2 is 2.15 bits per heavy atom. The molecule has 1 rings (SSSR count). The first-order valence-corrected chi connectivity index (χ1v) is 6.68. The molecule has 1 atom stereocenters. The molecule has 0 bridgehead atoms. The molecule has 112 valence electrons. The fourth-order valence-corrected chi connectivity index (χ4v) is 1.48. The van der Waals surface area contributed by atoms with Crippen molar-refractivity contribution >= 4 is 12.0 Å². The second-order valence-electron chi connectivity index (χ2n) is 5.84. The number of ether oxygens (including phenoxy) is 1. The lowest BCUT2D eigenvalue weighted by Gasteiger charge is -2.26. The van der Waals surface area contributed by atoms with E-state index in [1.165, 1.54) is 0 Å². The van der Waals surface area contributed by atoms with E-state index in [1.54, 1.807) is 6.20 Å². The summed E-state index contributed by atoms with van der Waals surface area (Å²) in [6, 6.07) is 1.91. The SMILES string of the molecule is Cc1ccnc(N(C)C(C)CNC(=O)OC(C)(C)C)n1. The van der Waals surface area contributed by atoms with Crippen LogP contribution in [0.25, 0.3) is 0 Å². The van der Waals surface area contributed by atoms with Crippen molar-refractivity contribution in [3.8, 4) is 0 Å². The molecule has 0 aliphatic rings. The van der Waals surface area contributed by atoms with Gasteiger partial charge in [-0.15, -0.1) is 0 Å². The Morgan fingerprint density at radius 1 is 1.50 bits per heavy atom. The molecule has 1 aromatic rings. The lowest BCUT2D eigenvalue weighted by Crippen LogP contribution is -2.42. The number of alkyl carbamates (subject to hydrolysis) is 1. The zero-order chi connectivity index (χ0) is 15.3. The molecular weight excluding hydrogens is 256 g/mol. The van der Waals surface area contributed by atoms with Crippen LogP contribution in [0.3, 0.4) is 0 Å². The molecule has 6 nitrogen and oxygen atoms in total. The maximum Gasteiger partial charge on any atom is 0.407 e. The van der Waals surface area contributed by atoms with Crippen LogP contribution in [0.2, 0.25) is 0 Å². The van der Waals surface area contributed by atoms with Gasteiger partial charge in [0.15, 0.2) is 0 Å². The summed E-state index contributed by atoms with van der Waals surface area (Å²) in [5, 5.41) is 2.75. The standard InChI is InChI=1S/C14H24N4O2/c1-10-7-8-15-12(17-10)18(6)11(2)9-16-13(19)20-14(3,4)5/h7-8,11H,9H2,1-6H3,(H,16,19). The summed E-state index contributed by atoms with van der Waals surface area (Å²) in [4.78, 5) is 22.1. The number of aromatic nitrogens is 2. The van der Waals surface area contributed by atoms with Crippen LogP contribution in [0.4, 0.5) is 10.7 Å². The highest BCUT2D eigenvalue weighted by Gasteiger charge is 2.18. The fraction of sp³-hybridized carbons (Fsp3) is 0.643. The number of aryl methyl sites for hydroxylation is 1. The second-order valence-corrected chi connectivity index (χ2v) is 5.84. The quantitative estimate of drug-likeness (QED) is 0.915. The minimum Gasteiger partial charge on any atom is -0.444 e. The van der Waals surface area contributed by atoms with Gasteiger partial charge in [0.2, 0.25) is 5.95 Å². The third-order valence-electron chi connectivity index (χ3n) is 2.70. The second kappa shape index (κ2) is 6.54. The highest BCUT2D eigenvalue weighted by atomic mass is 16.6. The van der Waals surface area contributed by atoms with Crippen LogP contribution in [-0.4, -0.2) is 41.3 Å². The summed E-state index contributed by atoms with van der Waals surface area (Å²) in [6.45, 7) is 9.88. The third kappa shape index (κ3) is 5.42. The number of nitrogens with one attached hydrogen (secondary N) is 1. The number of carbonyl (C=O) groups excluding carboxylic acids is 1. The smallest absolute Gasteiger partial charge is 0.407 e. The van der Waals surface area contributed by atoms with Crippen LogP contribution in [0.1, 0.15) is 33.4 Å². The van der Waals surface area contributed by atoms with E-state index in [1.807, 2.05) is 52.6 Å². The normalized spacial score (nSPS) is 12.7. The van der Waals surface area contributed by atoms with Gasteiger partial charge in [0.25, 0.3) is 0 Å². The van der Waals surface area contributed by atoms with Crippen molar-refractivity contribution in [2.45, 2.75) is 46.3 Å². The van der Waals surface area contributed by atoms with Crippen molar-refractivity contribution in [2.24, 2.45) is 0 Å². The number of amides is 1. The number of nitrogens with zero attached hydrogens (tertiary/aromatic N) is 3. The van der Waals surface area contributed by atoms with Gasteiger partial charge < -0.3 is 15.0 Å². The molecular formula is C14H24N4O2. The molecule has 0 aromatic carbocycles. The van der Waals surface area contributed by atoms with E-state index in [-0.39, 0.29) is 6.04 Å². The molecule has 0 fully saturated rings. The minimum absolute atomic E-state index is 0.0596. The Balaban J connectivity index is 2.50. The first kappa shape index (κ1) is 16.2. The van der Waals surface area contributed by atoms with Crippen LogP contribution in [0, 0.1) is 6.92 Å². The van der Waals surface area contributed by atoms with Crippen molar-refractivity contribution in [3.63, 3.8) is 0 Å². The molecule has 1 N–H and O–H groups in total. The first-order valence-electron chi connectivity index (χ1n) is 6.68. The van der Waals surface area contributed by atoms with Crippen LogP contribution in [0.15, 0.2) is 12.3 Å². The monoisotopic (exact) mass is 280 g/mol. The average Bonchev–Trinajstić information content (AvgIpc) is 2.33. The van der Waals surface area contributed by atoms with Crippen molar-refractivity contribution in [2.75, 3.05) is 18.5 Å². The lowest BCUT2D eigenvalue weighted by molar-refractivity contribution is 0.0525. The van der Waals surface area contributed by atoms with E-state index in [4.69, 9.17) is 4.74 Å². The zero-order valence-corrected chi connectivity index (χ0v) is 13.1. The summed E-state index contributed by atoms with van der Waals surface area (Å²) in [5.74, 6) is 0.642. The van der Waals surface area contributed by atoms with Gasteiger partial charge in [-0.2, -0.15) is 0 Å². The van der Waals surface area contributed by atoms with Gasteiger partial charge in [-0.05, 0) is 40.7 Å². The molecule has 0 saturated heterocycles. The van der Waals surface area contributed by atoms with Gasteiger partial charge in [0.05, 0.1) is 0 Å². The maximum atomic E-state index is 11.6. The summed E-state index contributed by atoms with van der Waals surface area (Å²) in [7, 11) is 1.90. The van der Waals surface area contributed by atoms with Gasteiger partial charge in [-0.1, -0.05) is 0 Å². The molecule has 0 spiro atoms. The van der Waals surface area contributed by atoms with Gasteiger partial charge >= 0.3 is 6.09 Å². The van der Waals surface area contributed by atoms with E-state index < -0.39 is 11.7 Å². The minimum atomic E-state index is -0.487. The zero-order valence-electron chi connectivity index (χ0n) is 13.1. The Morgan fingerprint density at radius 3 is 2.70 bits per heavy atom. The Kier molecular flexibility index (Phi) is 5.30. The molecule has 0 radical (unpaired) electrons. The molecule has 6 heteroatoms. The number of hydrogen-bond donors (Lipinski definition) is 1. The van der Waals surface area contributed by atoms with Crippen molar-refractivity contribution in [1.29, 1.82) is 0 Å². The summed E-state index contributed by atoms with van der Waals surface area (Å²) >= 11 is 0. The molecule has 0 aliphatic heterocycles. The van der Waals surface area contributed by atoms with Gasteiger partial charge in [-0.25, -0.2) is 14.8 Å². The molecule has 1 heterocycles. The number of anilines is 1. The molecule has 1 unspecified atom stereocenters. The van der Waals surface area contributed by atoms with Crippen molar-refractivity contribution in [1.82, 2.24) is 15.3 Å². The van der Waals surface area contributed by atoms with Crippen molar-refractivity contribution in [3.05, 3.63) is 18.0 Å². The van der Waals surface area contributed by atoms with Gasteiger partial charge in [0, 0.05) is 31.5 Å². The molecule has 20 heavy (non-hydrogen) atoms. The summed E-state index contributed by atoms with van der Waals surface area (Å²) in [5.41, 5.74) is 0.424. The van der Waals surface area contributed by atoms with Crippen LogP contribution in [0.5, 0.6) is 0 Å². The van der Waals surface area contributed by atoms with Crippen LogP contribution >= 0.6 is 0 Å². The fourth-order valence-electron chi connectivity index (χ4n) is 1.48. The number of hydrogen-bond acceptors (Lipinski definition) is 5. The van der Waals surface area contributed by atoms with Crippen LogP contribution in [-0.2, 0) is 4.74 Å². The van der Waals surface area contributed by atoms with E-state index in [0.717, 1.165) is 5.69 Å². The Bertz CT molecular complexity index is 457. The number of carbonyl (C=O) groups is 1. The summed E-state index contributed by atoms with van der Waals surface area (Å²) < 4.78 is 5.19. The van der Waals surface area contributed by atoms with Gasteiger partial charge in [0.1, 0.15) is 5.60 Å². The van der Waals surface area contributed by atoms with Crippen LogP contribution < -0.4 is 10.2 Å². The topological polar surface area (TPSA) is 67.4 Å². The molecule has 0 aliphatic carbocycles. The van der Waals surface area contributed by atoms with E-state index in [0.29, 0.717) is 12.5 Å². The number of rotatable bonds is 4. The first-order chi connectivity index (χ1) is 9.19. The van der Waals surface area contributed by atoms with E-state index in [9.17, 15) is 4.79 Å². The average molecular weight is 280 g/mol. The Labute approximate surface area is 120 Å². The predicted octanol–water partition coefficient (Wildman–Crippen LogP) is 2.13. The highest BCUT2D eigenvalue weighted by Crippen LogP contribution is 2.09. The van der Waals surface area contributed by atoms with E-state index in [2.05, 4.69) is 15.3 Å². The summed E-state index contributed by atoms with van der Waals surface area (Å²) in [6.07, 6.45) is 1.31. The molecule has 1 aromatic heterocycles. The highest BCUT2D eigenvalue weighted by molar-refractivity contribution is 5.67. The van der Waals surface area contributed by atoms with E-state index >= 15 is 0 Å². The van der Waals surface area contributed by atoms with Crippen molar-refractivity contribution < 1.29 is 9.53 Å². The Hall–Kier alpha value is -1.85. The molecule has 1 amide bonds. The predicted molar refractivity (Wildman–Crippen MR) is 78.9 cm³/mol. The molecule has 0 saturated carbocycles. The maximum absolute atomic E-state index is 11.6. The third-order valence-corrected chi connectivity index (χ3v) is 2.70.